The van der Waals surface area contributed by atoms with Crippen molar-refractivity contribution < 1.29 is 9.18 Å². The SMILES string of the molecule is Cc1c2c(n3ncnc3c1Cl)CN(C(=O)CC1CN(c3ncc(F)cn3)C1)C2. The van der Waals surface area contributed by atoms with Crippen molar-refractivity contribution in [1.29, 1.82) is 0 Å². The van der Waals surface area contributed by atoms with Crippen molar-refractivity contribution in [3.8, 4) is 0 Å². The van der Waals surface area contributed by atoms with Crippen molar-refractivity contribution in [3.05, 3.63) is 46.4 Å². The second kappa shape index (κ2) is 6.37. The van der Waals surface area contributed by atoms with Crippen LogP contribution >= 0.6 is 11.6 Å². The largest absolute Gasteiger partial charge is 0.340 e. The first kappa shape index (κ1) is 17.3. The first-order valence-corrected chi connectivity index (χ1v) is 9.39. The molecular formula is C18H17ClFN7O. The lowest BCUT2D eigenvalue weighted by Gasteiger charge is -2.39. The van der Waals surface area contributed by atoms with E-state index in [9.17, 15) is 9.18 Å². The van der Waals surface area contributed by atoms with Gasteiger partial charge in [-0.25, -0.2) is 23.9 Å². The summed E-state index contributed by atoms with van der Waals surface area (Å²) < 4.78 is 14.7. The number of halogens is 2. The van der Waals surface area contributed by atoms with Crippen LogP contribution in [0.15, 0.2) is 18.7 Å². The Morgan fingerprint density at radius 3 is 2.75 bits per heavy atom. The van der Waals surface area contributed by atoms with Crippen LogP contribution < -0.4 is 4.90 Å². The number of hydrogen-bond acceptors (Lipinski definition) is 6. The molecule has 1 fully saturated rings. The van der Waals surface area contributed by atoms with Gasteiger partial charge in [0.2, 0.25) is 11.9 Å². The van der Waals surface area contributed by atoms with Crippen molar-refractivity contribution in [2.75, 3.05) is 18.0 Å². The van der Waals surface area contributed by atoms with E-state index in [1.807, 2.05) is 16.7 Å². The third-order valence-corrected chi connectivity index (χ3v) is 5.93. The zero-order chi connectivity index (χ0) is 19.4. The van der Waals surface area contributed by atoms with Crippen LogP contribution in [0.4, 0.5) is 10.3 Å². The lowest BCUT2D eigenvalue weighted by molar-refractivity contribution is -0.133. The molecule has 0 saturated carbocycles. The minimum absolute atomic E-state index is 0.102. The van der Waals surface area contributed by atoms with Gasteiger partial charge >= 0.3 is 0 Å². The number of fused-ring (bicyclic) bond motifs is 3. The summed E-state index contributed by atoms with van der Waals surface area (Å²) in [6.07, 6.45) is 4.24. The van der Waals surface area contributed by atoms with Gasteiger partial charge < -0.3 is 9.80 Å². The van der Waals surface area contributed by atoms with Crippen LogP contribution in [-0.4, -0.2) is 48.5 Å². The van der Waals surface area contributed by atoms with Gasteiger partial charge in [0, 0.05) is 32.0 Å². The number of rotatable bonds is 3. The number of hydrogen-bond donors (Lipinski definition) is 0. The molecule has 8 nitrogen and oxygen atoms in total. The van der Waals surface area contributed by atoms with E-state index in [0.717, 1.165) is 29.2 Å². The monoisotopic (exact) mass is 401 g/mol. The molecule has 10 heteroatoms. The molecule has 0 radical (unpaired) electrons. The van der Waals surface area contributed by atoms with E-state index in [1.54, 1.807) is 4.52 Å². The number of carbonyl (C=O) groups is 1. The van der Waals surface area contributed by atoms with Gasteiger partial charge in [-0.1, -0.05) is 11.6 Å². The molecule has 2 aliphatic heterocycles. The summed E-state index contributed by atoms with van der Waals surface area (Å²) in [5.41, 5.74) is 3.60. The van der Waals surface area contributed by atoms with Crippen LogP contribution in [0.25, 0.3) is 5.65 Å². The highest BCUT2D eigenvalue weighted by atomic mass is 35.5. The number of anilines is 1. The Morgan fingerprint density at radius 1 is 1.25 bits per heavy atom. The van der Waals surface area contributed by atoms with E-state index >= 15 is 0 Å². The molecule has 2 aliphatic rings. The number of carbonyl (C=O) groups excluding carboxylic acids is 1. The molecule has 1 saturated heterocycles. The molecule has 0 unspecified atom stereocenters. The molecular weight excluding hydrogens is 385 g/mol. The average Bonchev–Trinajstić information content (AvgIpc) is 3.30. The minimum atomic E-state index is -0.457. The number of pyridine rings is 1. The number of amides is 1. The molecule has 5 heterocycles. The summed E-state index contributed by atoms with van der Waals surface area (Å²) >= 11 is 6.41. The Balaban J connectivity index is 1.25. The van der Waals surface area contributed by atoms with Crippen LogP contribution in [0, 0.1) is 18.7 Å². The molecule has 0 N–H and O–H groups in total. The second-order valence-electron chi connectivity index (χ2n) is 7.29. The highest BCUT2D eigenvalue weighted by molar-refractivity contribution is 6.34. The molecule has 28 heavy (non-hydrogen) atoms. The van der Waals surface area contributed by atoms with Gasteiger partial charge in [0.1, 0.15) is 6.33 Å². The first-order chi connectivity index (χ1) is 13.5. The normalized spacial score (nSPS) is 16.5. The molecule has 5 rings (SSSR count). The maximum atomic E-state index is 12.9. The van der Waals surface area contributed by atoms with Gasteiger partial charge in [-0.15, -0.1) is 0 Å². The Bertz CT molecular complexity index is 1080. The standard InChI is InChI=1S/C18H17ClFN7O/c1-10-13-7-25(8-14(13)27-17(16(10)19)23-9-24-27)15(28)2-11-5-26(6-11)18-21-3-12(20)4-22-18/h3-4,9,11H,2,5-8H2,1H3. The van der Waals surface area contributed by atoms with E-state index < -0.39 is 5.82 Å². The number of nitrogens with zero attached hydrogens (tertiary/aromatic N) is 7. The van der Waals surface area contributed by atoms with Crippen molar-refractivity contribution in [2.45, 2.75) is 26.4 Å². The fraction of sp³-hybridized carbons (Fsp3) is 0.389. The van der Waals surface area contributed by atoms with Crippen LogP contribution in [0.1, 0.15) is 23.2 Å². The van der Waals surface area contributed by atoms with E-state index in [-0.39, 0.29) is 11.8 Å². The highest BCUT2D eigenvalue weighted by Gasteiger charge is 2.34. The molecule has 1 amide bonds. The third kappa shape index (κ3) is 2.69. The molecule has 3 aromatic rings. The first-order valence-electron chi connectivity index (χ1n) is 9.01. The van der Waals surface area contributed by atoms with E-state index in [0.29, 0.717) is 49.2 Å². The molecule has 0 spiro atoms. The van der Waals surface area contributed by atoms with Gasteiger partial charge in [0.25, 0.3) is 0 Å². The lowest BCUT2D eigenvalue weighted by Crippen LogP contribution is -2.49. The summed E-state index contributed by atoms with van der Waals surface area (Å²) in [5.74, 6) is 0.379. The van der Waals surface area contributed by atoms with E-state index in [4.69, 9.17) is 11.6 Å². The summed E-state index contributed by atoms with van der Waals surface area (Å²) in [5, 5.41) is 4.84. The average molecular weight is 402 g/mol. The van der Waals surface area contributed by atoms with Crippen molar-refractivity contribution in [1.82, 2.24) is 29.5 Å². The topological polar surface area (TPSA) is 79.5 Å². The molecule has 3 aromatic heterocycles. The summed E-state index contributed by atoms with van der Waals surface area (Å²) in [6, 6.07) is 0. The van der Waals surface area contributed by atoms with Gasteiger partial charge in [-0.3, -0.25) is 4.79 Å². The zero-order valence-corrected chi connectivity index (χ0v) is 15.9. The fourth-order valence-electron chi connectivity index (χ4n) is 3.92. The van der Waals surface area contributed by atoms with Crippen molar-refractivity contribution >= 4 is 29.1 Å². The quantitative estimate of drug-likeness (QED) is 0.667. The number of aromatic nitrogens is 5. The zero-order valence-electron chi connectivity index (χ0n) is 15.1. The van der Waals surface area contributed by atoms with E-state index in [1.165, 1.54) is 6.33 Å². The fourth-order valence-corrected chi connectivity index (χ4v) is 4.16. The van der Waals surface area contributed by atoms with E-state index in [2.05, 4.69) is 20.1 Å². The Kier molecular flexibility index (Phi) is 3.94. The Morgan fingerprint density at radius 2 is 2.00 bits per heavy atom. The predicted molar refractivity (Wildman–Crippen MR) is 99.3 cm³/mol. The molecule has 0 atom stereocenters. The van der Waals surface area contributed by atoms with Gasteiger partial charge in [-0.2, -0.15) is 5.10 Å². The lowest BCUT2D eigenvalue weighted by atomic mass is 9.96. The van der Waals surface area contributed by atoms with Crippen molar-refractivity contribution in [2.24, 2.45) is 5.92 Å². The highest BCUT2D eigenvalue weighted by Crippen LogP contribution is 2.33. The van der Waals surface area contributed by atoms with Crippen LogP contribution in [0.3, 0.4) is 0 Å². The summed E-state index contributed by atoms with van der Waals surface area (Å²) in [6.45, 7) is 4.37. The molecule has 0 bridgehead atoms. The second-order valence-corrected chi connectivity index (χ2v) is 7.66. The Hall–Kier alpha value is -2.81. The maximum absolute atomic E-state index is 12.9. The van der Waals surface area contributed by atoms with Gasteiger partial charge in [-0.05, 0) is 18.1 Å². The smallest absolute Gasteiger partial charge is 0.225 e. The third-order valence-electron chi connectivity index (χ3n) is 5.48. The summed E-state index contributed by atoms with van der Waals surface area (Å²) in [7, 11) is 0. The van der Waals surface area contributed by atoms with Gasteiger partial charge in [0.05, 0.1) is 29.7 Å². The maximum Gasteiger partial charge on any atom is 0.225 e. The molecule has 144 valence electrons. The van der Waals surface area contributed by atoms with Gasteiger partial charge in [0.15, 0.2) is 11.5 Å². The molecule has 0 aromatic carbocycles. The van der Waals surface area contributed by atoms with Crippen LogP contribution in [0.5, 0.6) is 0 Å². The summed E-state index contributed by atoms with van der Waals surface area (Å²) in [4.78, 5) is 28.8. The van der Waals surface area contributed by atoms with Crippen LogP contribution in [0.2, 0.25) is 5.02 Å². The predicted octanol–water partition coefficient (Wildman–Crippen LogP) is 1.99. The minimum Gasteiger partial charge on any atom is -0.340 e. The Labute approximate surface area is 165 Å². The van der Waals surface area contributed by atoms with Crippen molar-refractivity contribution in [3.63, 3.8) is 0 Å². The molecule has 0 aliphatic carbocycles. The van der Waals surface area contributed by atoms with Crippen LogP contribution in [-0.2, 0) is 17.9 Å².